The molecule has 0 aliphatic carbocycles. The van der Waals surface area contributed by atoms with Crippen LogP contribution in [0.3, 0.4) is 0 Å². The van der Waals surface area contributed by atoms with Crippen molar-refractivity contribution in [3.8, 4) is 0 Å². The minimum atomic E-state index is -0.682. The summed E-state index contributed by atoms with van der Waals surface area (Å²) >= 11 is 0. The van der Waals surface area contributed by atoms with Crippen molar-refractivity contribution in [1.82, 2.24) is 10.6 Å². The van der Waals surface area contributed by atoms with Crippen LogP contribution in [-0.4, -0.2) is 43.5 Å². The first-order valence-electron chi connectivity index (χ1n) is 8.14. The molecule has 7 heteroatoms. The number of benzene rings is 1. The number of halogens is 2. The monoisotopic (exact) mass is 343 g/mol. The lowest BCUT2D eigenvalue weighted by Crippen LogP contribution is -2.42. The summed E-state index contributed by atoms with van der Waals surface area (Å²) < 4.78 is 32.1. The Balaban J connectivity index is 2.51. The number of aliphatic hydroxyl groups excluding tert-OH is 1. The highest BCUT2D eigenvalue weighted by molar-refractivity contribution is 5.79. The summed E-state index contributed by atoms with van der Waals surface area (Å²) in [5.41, 5.74) is 0.174. The van der Waals surface area contributed by atoms with Crippen LogP contribution in [0.5, 0.6) is 0 Å². The maximum atomic E-state index is 13.6. The van der Waals surface area contributed by atoms with E-state index in [1.54, 1.807) is 0 Å². The third kappa shape index (κ3) is 8.21. The number of nitrogens with zero attached hydrogens (tertiary/aromatic N) is 1. The molecule has 1 aromatic rings. The fourth-order valence-corrected chi connectivity index (χ4v) is 1.88. The van der Waals surface area contributed by atoms with Gasteiger partial charge in [0.05, 0.1) is 19.3 Å². The molecule has 1 aromatic carbocycles. The normalized spacial score (nSPS) is 13.2. The molecule has 0 aromatic heterocycles. The molecule has 1 atom stereocenters. The largest absolute Gasteiger partial charge is 0.389 e. The Labute approximate surface area is 142 Å². The molecule has 0 radical (unpaired) electrons. The van der Waals surface area contributed by atoms with E-state index < -0.39 is 17.7 Å². The number of rotatable bonds is 9. The number of nitrogens with one attached hydrogen (secondary N) is 2. The first kappa shape index (κ1) is 20.3. The summed E-state index contributed by atoms with van der Waals surface area (Å²) in [6.45, 7) is 7.62. The van der Waals surface area contributed by atoms with Crippen LogP contribution < -0.4 is 10.6 Å². The van der Waals surface area contributed by atoms with Crippen molar-refractivity contribution >= 4 is 5.96 Å². The standard InChI is InChI=1S/C17H27F2N3O2/c1-4-20-17(22-9-15(23)11-24-10-12(2)3)21-8-13-7-14(18)5-6-16(13)19/h5-7,12,15,23H,4,8-11H2,1-3H3,(H2,20,21,22). The lowest BCUT2D eigenvalue weighted by molar-refractivity contribution is 0.0280. The summed E-state index contributed by atoms with van der Waals surface area (Å²) in [6.07, 6.45) is -0.682. The topological polar surface area (TPSA) is 65.9 Å². The zero-order valence-corrected chi connectivity index (χ0v) is 14.5. The van der Waals surface area contributed by atoms with E-state index in [-0.39, 0.29) is 25.3 Å². The number of aliphatic imine (C=N–C) groups is 1. The molecule has 0 aliphatic heterocycles. The van der Waals surface area contributed by atoms with Crippen molar-refractivity contribution < 1.29 is 18.6 Å². The van der Waals surface area contributed by atoms with E-state index in [1.165, 1.54) is 0 Å². The molecule has 0 bridgehead atoms. The van der Waals surface area contributed by atoms with Gasteiger partial charge in [0, 0.05) is 25.3 Å². The minimum Gasteiger partial charge on any atom is -0.389 e. The Hall–Kier alpha value is -1.73. The molecule has 136 valence electrons. The maximum absolute atomic E-state index is 13.6. The highest BCUT2D eigenvalue weighted by Gasteiger charge is 2.08. The predicted octanol–water partition coefficient (Wildman–Crippen LogP) is 2.05. The molecular formula is C17H27F2N3O2. The Morgan fingerprint density at radius 1 is 1.25 bits per heavy atom. The van der Waals surface area contributed by atoms with E-state index in [4.69, 9.17) is 4.74 Å². The first-order chi connectivity index (χ1) is 11.4. The van der Waals surface area contributed by atoms with Gasteiger partial charge in [-0.15, -0.1) is 0 Å². The Morgan fingerprint density at radius 3 is 2.67 bits per heavy atom. The average Bonchev–Trinajstić information content (AvgIpc) is 2.52. The van der Waals surface area contributed by atoms with Crippen molar-refractivity contribution in [2.45, 2.75) is 33.4 Å². The van der Waals surface area contributed by atoms with E-state index in [0.29, 0.717) is 25.0 Å². The van der Waals surface area contributed by atoms with Crippen LogP contribution in [-0.2, 0) is 11.3 Å². The van der Waals surface area contributed by atoms with Gasteiger partial charge in [0.25, 0.3) is 0 Å². The smallest absolute Gasteiger partial charge is 0.191 e. The Bertz CT molecular complexity index is 525. The molecule has 3 N–H and O–H groups in total. The van der Waals surface area contributed by atoms with E-state index >= 15 is 0 Å². The highest BCUT2D eigenvalue weighted by Crippen LogP contribution is 2.10. The van der Waals surface area contributed by atoms with E-state index in [0.717, 1.165) is 18.2 Å². The summed E-state index contributed by atoms with van der Waals surface area (Å²) in [7, 11) is 0. The number of hydrogen-bond acceptors (Lipinski definition) is 3. The van der Waals surface area contributed by atoms with Crippen molar-refractivity contribution in [3.05, 3.63) is 35.4 Å². The SMILES string of the molecule is CCNC(=NCc1cc(F)ccc1F)NCC(O)COCC(C)C. The second-order valence-corrected chi connectivity index (χ2v) is 5.90. The second kappa shape index (κ2) is 10.9. The quantitative estimate of drug-likeness (QED) is 0.474. The van der Waals surface area contributed by atoms with Crippen LogP contribution in [0.25, 0.3) is 0 Å². The summed E-state index contributed by atoms with van der Waals surface area (Å²) in [4.78, 5) is 4.20. The average molecular weight is 343 g/mol. The van der Waals surface area contributed by atoms with Crippen LogP contribution in [0, 0.1) is 17.6 Å². The highest BCUT2D eigenvalue weighted by atomic mass is 19.1. The molecule has 0 spiro atoms. The van der Waals surface area contributed by atoms with E-state index in [9.17, 15) is 13.9 Å². The predicted molar refractivity (Wildman–Crippen MR) is 90.8 cm³/mol. The summed E-state index contributed by atoms with van der Waals surface area (Å²) in [5, 5.41) is 15.8. The van der Waals surface area contributed by atoms with E-state index in [1.807, 2.05) is 20.8 Å². The molecular weight excluding hydrogens is 316 g/mol. The molecule has 0 fully saturated rings. The fraction of sp³-hybridized carbons (Fsp3) is 0.588. The number of aliphatic hydroxyl groups is 1. The molecule has 5 nitrogen and oxygen atoms in total. The molecule has 0 heterocycles. The Kier molecular flexibility index (Phi) is 9.26. The van der Waals surface area contributed by atoms with Crippen LogP contribution in [0.15, 0.2) is 23.2 Å². The van der Waals surface area contributed by atoms with Gasteiger partial charge in [0.1, 0.15) is 11.6 Å². The third-order valence-electron chi connectivity index (χ3n) is 3.03. The zero-order valence-electron chi connectivity index (χ0n) is 14.5. The van der Waals surface area contributed by atoms with Gasteiger partial charge in [0.2, 0.25) is 0 Å². The number of guanidine groups is 1. The fourth-order valence-electron chi connectivity index (χ4n) is 1.88. The van der Waals surface area contributed by atoms with Crippen molar-refractivity contribution in [2.24, 2.45) is 10.9 Å². The van der Waals surface area contributed by atoms with Crippen molar-refractivity contribution in [2.75, 3.05) is 26.3 Å². The molecule has 24 heavy (non-hydrogen) atoms. The summed E-state index contributed by atoms with van der Waals surface area (Å²) in [6, 6.07) is 3.27. The Morgan fingerprint density at radius 2 is 2.00 bits per heavy atom. The third-order valence-corrected chi connectivity index (χ3v) is 3.03. The van der Waals surface area contributed by atoms with Gasteiger partial charge in [0.15, 0.2) is 5.96 Å². The van der Waals surface area contributed by atoms with Gasteiger partial charge in [-0.2, -0.15) is 0 Å². The van der Waals surface area contributed by atoms with Gasteiger partial charge in [-0.1, -0.05) is 13.8 Å². The van der Waals surface area contributed by atoms with Gasteiger partial charge >= 0.3 is 0 Å². The van der Waals surface area contributed by atoms with Crippen molar-refractivity contribution in [3.63, 3.8) is 0 Å². The first-order valence-corrected chi connectivity index (χ1v) is 8.14. The number of ether oxygens (including phenoxy) is 1. The number of hydrogen-bond donors (Lipinski definition) is 3. The molecule has 0 aliphatic rings. The van der Waals surface area contributed by atoms with Gasteiger partial charge in [-0.05, 0) is 31.0 Å². The second-order valence-electron chi connectivity index (χ2n) is 5.90. The maximum Gasteiger partial charge on any atom is 0.191 e. The molecule has 0 amide bonds. The van der Waals surface area contributed by atoms with Crippen LogP contribution in [0.4, 0.5) is 8.78 Å². The van der Waals surface area contributed by atoms with Crippen LogP contribution >= 0.6 is 0 Å². The molecule has 0 saturated heterocycles. The lowest BCUT2D eigenvalue weighted by atomic mass is 10.2. The van der Waals surface area contributed by atoms with Crippen molar-refractivity contribution in [1.29, 1.82) is 0 Å². The minimum absolute atomic E-state index is 0.00112. The lowest BCUT2D eigenvalue weighted by Gasteiger charge is -2.16. The van der Waals surface area contributed by atoms with E-state index in [2.05, 4.69) is 15.6 Å². The van der Waals surface area contributed by atoms with Crippen LogP contribution in [0.1, 0.15) is 26.3 Å². The summed E-state index contributed by atoms with van der Waals surface area (Å²) in [5.74, 6) is -0.176. The van der Waals surface area contributed by atoms with Gasteiger partial charge in [-0.3, -0.25) is 0 Å². The van der Waals surface area contributed by atoms with Gasteiger partial charge < -0.3 is 20.5 Å². The molecule has 1 unspecified atom stereocenters. The molecule has 1 rings (SSSR count). The van der Waals surface area contributed by atoms with Gasteiger partial charge in [-0.25, -0.2) is 13.8 Å². The molecule has 0 saturated carbocycles. The zero-order chi connectivity index (χ0) is 17.9. The van der Waals surface area contributed by atoms with Crippen LogP contribution in [0.2, 0.25) is 0 Å².